The second-order valence-electron chi connectivity index (χ2n) is 5.67. The van der Waals surface area contributed by atoms with E-state index in [1.165, 1.54) is 39.9 Å². The third kappa shape index (κ3) is 4.13. The molecule has 1 N–H and O–H groups in total. The summed E-state index contributed by atoms with van der Waals surface area (Å²) in [5.74, 6) is 0.158. The van der Waals surface area contributed by atoms with Crippen LogP contribution >= 0.6 is 23.1 Å². The Labute approximate surface area is 161 Å². The van der Waals surface area contributed by atoms with Crippen molar-refractivity contribution in [2.24, 2.45) is 0 Å². The number of imidazole rings is 1. The Balaban J connectivity index is 1.76. The lowest BCUT2D eigenvalue weighted by Crippen LogP contribution is -2.14. The molecule has 1 aromatic carbocycles. The molecule has 0 aliphatic heterocycles. The molecule has 26 heavy (non-hydrogen) atoms. The highest BCUT2D eigenvalue weighted by molar-refractivity contribution is 7.99. The zero-order chi connectivity index (χ0) is 18.5. The van der Waals surface area contributed by atoms with Crippen LogP contribution in [0.4, 0.5) is 5.13 Å². The summed E-state index contributed by atoms with van der Waals surface area (Å²) in [6, 6.07) is 6.39. The molecule has 0 bridgehead atoms. The van der Waals surface area contributed by atoms with Gasteiger partial charge in [-0.15, -0.1) is 10.2 Å². The van der Waals surface area contributed by atoms with Crippen LogP contribution in [0.5, 0.6) is 0 Å². The number of carbonyl (C=O) groups is 1. The van der Waals surface area contributed by atoms with Crippen molar-refractivity contribution < 1.29 is 4.79 Å². The van der Waals surface area contributed by atoms with Gasteiger partial charge in [-0.25, -0.2) is 4.98 Å². The molecule has 0 aliphatic carbocycles. The Bertz CT molecular complexity index is 880. The fourth-order valence-electron chi connectivity index (χ4n) is 2.72. The molecule has 6 nitrogen and oxygen atoms in total. The molecule has 3 rings (SSSR count). The first-order valence-electron chi connectivity index (χ1n) is 8.49. The van der Waals surface area contributed by atoms with Gasteiger partial charge in [-0.1, -0.05) is 55.1 Å². The molecule has 0 atom stereocenters. The monoisotopic (exact) mass is 387 g/mol. The third-order valence-corrected chi connectivity index (χ3v) is 5.64. The first-order chi connectivity index (χ1) is 12.6. The number of carbonyl (C=O) groups excluding carboxylic acids is 1. The van der Waals surface area contributed by atoms with Crippen LogP contribution in [-0.2, 0) is 17.6 Å². The number of hydrogen-bond donors (Lipinski definition) is 1. The van der Waals surface area contributed by atoms with Gasteiger partial charge in [-0.05, 0) is 30.9 Å². The van der Waals surface area contributed by atoms with Crippen molar-refractivity contribution in [3.8, 4) is 5.69 Å². The third-order valence-electron chi connectivity index (χ3n) is 3.92. The average Bonchev–Trinajstić information content (AvgIpc) is 3.27. The number of aryl methyl sites for hydroxylation is 3. The topological polar surface area (TPSA) is 72.7 Å². The Morgan fingerprint density at radius 2 is 1.96 bits per heavy atom. The van der Waals surface area contributed by atoms with E-state index in [0.717, 1.165) is 23.0 Å². The number of amides is 1. The summed E-state index contributed by atoms with van der Waals surface area (Å²) in [5, 5.41) is 12.8. The van der Waals surface area contributed by atoms with Gasteiger partial charge < -0.3 is 0 Å². The smallest absolute Gasteiger partial charge is 0.236 e. The maximum Gasteiger partial charge on any atom is 0.236 e. The molecule has 2 heterocycles. The lowest BCUT2D eigenvalue weighted by atomic mass is 10.0. The van der Waals surface area contributed by atoms with Gasteiger partial charge in [0.1, 0.15) is 5.01 Å². The summed E-state index contributed by atoms with van der Waals surface area (Å²) in [7, 11) is 0. The SMILES string of the molecule is CCc1cccc(CC)c1-n1ccnc1SCC(=O)Nc1nnc(C)s1. The summed E-state index contributed by atoms with van der Waals surface area (Å²) in [4.78, 5) is 16.6. The first kappa shape index (κ1) is 18.6. The van der Waals surface area contributed by atoms with E-state index in [0.29, 0.717) is 5.13 Å². The number of nitrogens with one attached hydrogen (secondary N) is 1. The Hall–Kier alpha value is -2.19. The highest BCUT2D eigenvalue weighted by Gasteiger charge is 2.14. The van der Waals surface area contributed by atoms with E-state index < -0.39 is 0 Å². The van der Waals surface area contributed by atoms with Crippen LogP contribution in [0.25, 0.3) is 5.69 Å². The maximum atomic E-state index is 12.2. The van der Waals surface area contributed by atoms with E-state index in [-0.39, 0.29) is 11.7 Å². The van der Waals surface area contributed by atoms with Crippen molar-refractivity contribution in [3.63, 3.8) is 0 Å². The van der Waals surface area contributed by atoms with Crippen LogP contribution in [0.2, 0.25) is 0 Å². The first-order valence-corrected chi connectivity index (χ1v) is 10.3. The van der Waals surface area contributed by atoms with Gasteiger partial charge in [0.2, 0.25) is 11.0 Å². The lowest BCUT2D eigenvalue weighted by Gasteiger charge is -2.16. The molecule has 3 aromatic rings. The van der Waals surface area contributed by atoms with Crippen LogP contribution in [0, 0.1) is 6.92 Å². The van der Waals surface area contributed by atoms with E-state index in [2.05, 4.69) is 57.1 Å². The second-order valence-corrected chi connectivity index (χ2v) is 7.80. The number of nitrogens with zero attached hydrogens (tertiary/aromatic N) is 4. The molecule has 0 saturated carbocycles. The molecule has 0 aliphatic rings. The standard InChI is InChI=1S/C18H21N5OS2/c1-4-13-7-6-8-14(5-2)16(13)23-10-9-19-18(23)25-11-15(24)20-17-22-21-12(3)26-17/h6-10H,4-5,11H2,1-3H3,(H,20,22,24). The normalized spacial score (nSPS) is 10.9. The fourth-order valence-corrected chi connectivity index (χ4v) is 4.09. The number of aromatic nitrogens is 4. The average molecular weight is 388 g/mol. The van der Waals surface area contributed by atoms with E-state index >= 15 is 0 Å². The van der Waals surface area contributed by atoms with Crippen LogP contribution in [-0.4, -0.2) is 31.4 Å². The zero-order valence-electron chi connectivity index (χ0n) is 15.0. The van der Waals surface area contributed by atoms with Crippen LogP contribution in [0.1, 0.15) is 30.0 Å². The predicted molar refractivity (Wildman–Crippen MR) is 106 cm³/mol. The fraction of sp³-hybridized carbons (Fsp3) is 0.333. The molecule has 0 unspecified atom stereocenters. The number of anilines is 1. The number of benzene rings is 1. The zero-order valence-corrected chi connectivity index (χ0v) is 16.7. The molecule has 0 radical (unpaired) electrons. The number of hydrogen-bond acceptors (Lipinski definition) is 6. The van der Waals surface area contributed by atoms with Gasteiger partial charge in [0, 0.05) is 12.4 Å². The van der Waals surface area contributed by atoms with Crippen molar-refractivity contribution >= 4 is 34.1 Å². The summed E-state index contributed by atoms with van der Waals surface area (Å²) in [6.07, 6.45) is 5.63. The van der Waals surface area contributed by atoms with Crippen molar-refractivity contribution in [1.82, 2.24) is 19.7 Å². The van der Waals surface area contributed by atoms with E-state index in [9.17, 15) is 4.79 Å². The molecule has 0 fully saturated rings. The summed E-state index contributed by atoms with van der Waals surface area (Å²) < 4.78 is 2.09. The molecule has 136 valence electrons. The Morgan fingerprint density at radius 1 is 1.23 bits per heavy atom. The molecule has 0 spiro atoms. The lowest BCUT2D eigenvalue weighted by molar-refractivity contribution is -0.113. The van der Waals surface area contributed by atoms with Gasteiger partial charge >= 0.3 is 0 Å². The van der Waals surface area contributed by atoms with Gasteiger partial charge in [0.25, 0.3) is 0 Å². The minimum atomic E-state index is -0.111. The second kappa shape index (κ2) is 8.46. The van der Waals surface area contributed by atoms with Crippen LogP contribution in [0.15, 0.2) is 35.7 Å². The van der Waals surface area contributed by atoms with Gasteiger partial charge in [-0.3, -0.25) is 14.7 Å². The Morgan fingerprint density at radius 3 is 2.58 bits per heavy atom. The molecular weight excluding hydrogens is 366 g/mol. The van der Waals surface area contributed by atoms with Crippen LogP contribution < -0.4 is 5.32 Å². The van der Waals surface area contributed by atoms with Crippen molar-refractivity contribution in [1.29, 1.82) is 0 Å². The number of thioether (sulfide) groups is 1. The van der Waals surface area contributed by atoms with Crippen molar-refractivity contribution in [3.05, 3.63) is 46.7 Å². The maximum absolute atomic E-state index is 12.2. The van der Waals surface area contributed by atoms with Crippen molar-refractivity contribution in [2.75, 3.05) is 11.1 Å². The van der Waals surface area contributed by atoms with E-state index in [4.69, 9.17) is 0 Å². The highest BCUT2D eigenvalue weighted by Crippen LogP contribution is 2.27. The van der Waals surface area contributed by atoms with Crippen LogP contribution in [0.3, 0.4) is 0 Å². The molecular formula is C18H21N5OS2. The quantitative estimate of drug-likeness (QED) is 0.623. The molecule has 8 heteroatoms. The van der Waals surface area contributed by atoms with Gasteiger partial charge in [0.15, 0.2) is 5.16 Å². The summed E-state index contributed by atoms with van der Waals surface area (Å²) in [5.41, 5.74) is 3.73. The summed E-state index contributed by atoms with van der Waals surface area (Å²) in [6.45, 7) is 6.16. The molecule has 2 aromatic heterocycles. The molecule has 0 saturated heterocycles. The number of rotatable bonds is 7. The Kier molecular flexibility index (Phi) is 6.05. The minimum absolute atomic E-state index is 0.111. The van der Waals surface area contributed by atoms with Crippen molar-refractivity contribution in [2.45, 2.75) is 38.8 Å². The van der Waals surface area contributed by atoms with E-state index in [1.54, 1.807) is 6.20 Å². The van der Waals surface area contributed by atoms with Gasteiger partial charge in [-0.2, -0.15) is 0 Å². The van der Waals surface area contributed by atoms with Gasteiger partial charge in [0.05, 0.1) is 11.4 Å². The largest absolute Gasteiger partial charge is 0.300 e. The highest BCUT2D eigenvalue weighted by atomic mass is 32.2. The molecule has 1 amide bonds. The number of para-hydroxylation sites is 1. The summed E-state index contributed by atoms with van der Waals surface area (Å²) >= 11 is 2.78. The van der Waals surface area contributed by atoms with E-state index in [1.807, 2.05) is 13.1 Å². The minimum Gasteiger partial charge on any atom is -0.300 e. The predicted octanol–water partition coefficient (Wildman–Crippen LogP) is 3.89.